The van der Waals surface area contributed by atoms with Crippen LogP contribution in [-0.2, 0) is 11.3 Å². The molecule has 0 unspecified atom stereocenters. The summed E-state index contributed by atoms with van der Waals surface area (Å²) in [5.74, 6) is -1.48. The molecule has 0 fully saturated rings. The number of carbonyl (C=O) groups is 2. The molecule has 0 aliphatic rings. The molecule has 0 aliphatic carbocycles. The number of hydrogen-bond donors (Lipinski definition) is 2. The van der Waals surface area contributed by atoms with E-state index in [-0.39, 0.29) is 0 Å². The molecule has 0 spiro atoms. The van der Waals surface area contributed by atoms with E-state index in [0.29, 0.717) is 17.8 Å². The SMILES string of the molecule is CCn1cccc1C(=O)N[C@@H](C(=O)O)c1ccccc1. The fraction of sp³-hybridized carbons (Fsp3) is 0.200. The lowest BCUT2D eigenvalue weighted by atomic mass is 10.1. The van der Waals surface area contributed by atoms with Crippen molar-refractivity contribution in [2.75, 3.05) is 0 Å². The first-order chi connectivity index (χ1) is 9.63. The standard InChI is InChI=1S/C15H16N2O3/c1-2-17-10-6-9-12(17)14(18)16-13(15(19)20)11-7-4-3-5-8-11/h3-10,13H,2H2,1H3,(H,16,18)(H,19,20)/t13-/m1/s1. The lowest BCUT2D eigenvalue weighted by Gasteiger charge is -2.15. The minimum absolute atomic E-state index is 0.395. The van der Waals surface area contributed by atoms with Gasteiger partial charge in [0.25, 0.3) is 5.91 Å². The van der Waals surface area contributed by atoms with Gasteiger partial charge < -0.3 is 15.0 Å². The molecule has 2 aromatic rings. The topological polar surface area (TPSA) is 71.3 Å². The van der Waals surface area contributed by atoms with Crippen molar-refractivity contribution in [2.24, 2.45) is 0 Å². The maximum absolute atomic E-state index is 12.2. The van der Waals surface area contributed by atoms with E-state index < -0.39 is 17.9 Å². The molecule has 1 aromatic carbocycles. The van der Waals surface area contributed by atoms with Crippen LogP contribution in [0.3, 0.4) is 0 Å². The Labute approximate surface area is 116 Å². The number of carbonyl (C=O) groups excluding carboxylic acids is 1. The molecular formula is C15H16N2O3. The second kappa shape index (κ2) is 6.06. The highest BCUT2D eigenvalue weighted by molar-refractivity contribution is 5.95. The Morgan fingerprint density at radius 2 is 1.90 bits per heavy atom. The van der Waals surface area contributed by atoms with Crippen molar-refractivity contribution in [1.82, 2.24) is 9.88 Å². The number of benzene rings is 1. The van der Waals surface area contributed by atoms with Gasteiger partial charge in [0, 0.05) is 12.7 Å². The summed E-state index contributed by atoms with van der Waals surface area (Å²) in [6.07, 6.45) is 1.78. The number of aliphatic carboxylic acids is 1. The number of rotatable bonds is 5. The fourth-order valence-corrected chi connectivity index (χ4v) is 2.03. The van der Waals surface area contributed by atoms with Gasteiger partial charge in [-0.25, -0.2) is 4.79 Å². The van der Waals surface area contributed by atoms with Crippen LogP contribution in [0.15, 0.2) is 48.7 Å². The molecule has 0 bridgehead atoms. The van der Waals surface area contributed by atoms with E-state index in [1.807, 2.05) is 6.92 Å². The highest BCUT2D eigenvalue weighted by Gasteiger charge is 2.23. The van der Waals surface area contributed by atoms with Gasteiger partial charge in [-0.1, -0.05) is 30.3 Å². The van der Waals surface area contributed by atoms with Crippen LogP contribution in [-0.4, -0.2) is 21.6 Å². The van der Waals surface area contributed by atoms with Gasteiger partial charge >= 0.3 is 5.97 Å². The first-order valence-corrected chi connectivity index (χ1v) is 6.37. The maximum atomic E-state index is 12.2. The molecule has 0 saturated heterocycles. The average Bonchev–Trinajstić information content (AvgIpc) is 2.93. The van der Waals surface area contributed by atoms with Crippen LogP contribution in [0.25, 0.3) is 0 Å². The van der Waals surface area contributed by atoms with Gasteiger partial charge in [0.15, 0.2) is 6.04 Å². The largest absolute Gasteiger partial charge is 0.479 e. The molecule has 2 N–H and O–H groups in total. The average molecular weight is 272 g/mol. The summed E-state index contributed by atoms with van der Waals surface area (Å²) in [6, 6.07) is 11.0. The number of nitrogens with zero attached hydrogens (tertiary/aromatic N) is 1. The van der Waals surface area contributed by atoms with Crippen LogP contribution in [0.4, 0.5) is 0 Å². The summed E-state index contributed by atoms with van der Waals surface area (Å²) in [5.41, 5.74) is 0.998. The predicted molar refractivity (Wildman–Crippen MR) is 74.4 cm³/mol. The molecule has 0 radical (unpaired) electrons. The van der Waals surface area contributed by atoms with Gasteiger partial charge in [-0.05, 0) is 24.6 Å². The molecule has 1 amide bonds. The third-order valence-corrected chi connectivity index (χ3v) is 3.06. The molecule has 1 heterocycles. The first kappa shape index (κ1) is 13.9. The minimum atomic E-state index is -1.08. The number of nitrogens with one attached hydrogen (secondary N) is 1. The fourth-order valence-electron chi connectivity index (χ4n) is 2.03. The third-order valence-electron chi connectivity index (χ3n) is 3.06. The second-order valence-electron chi connectivity index (χ2n) is 4.33. The van der Waals surface area contributed by atoms with E-state index in [2.05, 4.69) is 5.32 Å². The summed E-state index contributed by atoms with van der Waals surface area (Å²) in [4.78, 5) is 23.5. The molecule has 2 rings (SSSR count). The Morgan fingerprint density at radius 3 is 2.50 bits per heavy atom. The Hall–Kier alpha value is -2.56. The van der Waals surface area contributed by atoms with Gasteiger partial charge in [-0.3, -0.25) is 4.79 Å². The third kappa shape index (κ3) is 2.88. The molecule has 20 heavy (non-hydrogen) atoms. The summed E-state index contributed by atoms with van der Waals surface area (Å²) >= 11 is 0. The van der Waals surface area contributed by atoms with E-state index in [1.54, 1.807) is 53.2 Å². The maximum Gasteiger partial charge on any atom is 0.330 e. The quantitative estimate of drug-likeness (QED) is 0.875. The second-order valence-corrected chi connectivity index (χ2v) is 4.33. The van der Waals surface area contributed by atoms with Crippen molar-refractivity contribution in [1.29, 1.82) is 0 Å². The Kier molecular flexibility index (Phi) is 4.20. The number of amides is 1. The molecule has 0 aliphatic heterocycles. The van der Waals surface area contributed by atoms with Gasteiger partial charge in [-0.15, -0.1) is 0 Å². The zero-order valence-electron chi connectivity index (χ0n) is 11.1. The molecule has 5 nitrogen and oxygen atoms in total. The normalized spacial score (nSPS) is 11.8. The summed E-state index contributed by atoms with van der Waals surface area (Å²) in [6.45, 7) is 2.57. The van der Waals surface area contributed by atoms with Gasteiger partial charge in [-0.2, -0.15) is 0 Å². The molecule has 1 aromatic heterocycles. The zero-order valence-corrected chi connectivity index (χ0v) is 11.1. The van der Waals surface area contributed by atoms with E-state index in [1.165, 1.54) is 0 Å². The number of carboxylic acids is 1. The smallest absolute Gasteiger partial charge is 0.330 e. The summed E-state index contributed by atoms with van der Waals surface area (Å²) in [7, 11) is 0. The first-order valence-electron chi connectivity index (χ1n) is 6.37. The van der Waals surface area contributed by atoms with Crippen LogP contribution in [0.2, 0.25) is 0 Å². The Balaban J connectivity index is 2.21. The molecule has 5 heteroatoms. The van der Waals surface area contributed by atoms with E-state index >= 15 is 0 Å². The monoisotopic (exact) mass is 272 g/mol. The number of aryl methyl sites for hydroxylation is 1. The predicted octanol–water partition coefficient (Wildman–Crippen LogP) is 2.06. The van der Waals surface area contributed by atoms with Crippen LogP contribution in [0.5, 0.6) is 0 Å². The Bertz CT molecular complexity index is 605. The van der Waals surface area contributed by atoms with E-state index in [4.69, 9.17) is 0 Å². The van der Waals surface area contributed by atoms with E-state index in [9.17, 15) is 14.7 Å². The van der Waals surface area contributed by atoms with Crippen LogP contribution in [0.1, 0.15) is 29.0 Å². The van der Waals surface area contributed by atoms with Gasteiger partial charge in [0.2, 0.25) is 0 Å². The van der Waals surface area contributed by atoms with Gasteiger partial charge in [0.05, 0.1) is 0 Å². The van der Waals surface area contributed by atoms with Crippen molar-refractivity contribution in [3.8, 4) is 0 Å². The van der Waals surface area contributed by atoms with Crippen molar-refractivity contribution < 1.29 is 14.7 Å². The molecule has 104 valence electrons. The lowest BCUT2D eigenvalue weighted by Crippen LogP contribution is -2.34. The summed E-state index contributed by atoms with van der Waals surface area (Å²) in [5, 5.41) is 11.8. The van der Waals surface area contributed by atoms with Crippen LogP contribution in [0, 0.1) is 0 Å². The number of aromatic nitrogens is 1. The van der Waals surface area contributed by atoms with E-state index in [0.717, 1.165) is 0 Å². The van der Waals surface area contributed by atoms with Crippen LogP contribution >= 0.6 is 0 Å². The number of carboxylic acid groups (broad SMARTS) is 1. The highest BCUT2D eigenvalue weighted by atomic mass is 16.4. The molecule has 0 saturated carbocycles. The minimum Gasteiger partial charge on any atom is -0.479 e. The Morgan fingerprint density at radius 1 is 1.20 bits per heavy atom. The lowest BCUT2D eigenvalue weighted by molar-refractivity contribution is -0.139. The van der Waals surface area contributed by atoms with Gasteiger partial charge in [0.1, 0.15) is 5.69 Å². The number of hydrogen-bond acceptors (Lipinski definition) is 2. The van der Waals surface area contributed by atoms with Crippen molar-refractivity contribution in [2.45, 2.75) is 19.5 Å². The zero-order chi connectivity index (χ0) is 14.5. The molecular weight excluding hydrogens is 256 g/mol. The van der Waals surface area contributed by atoms with Crippen molar-refractivity contribution in [3.05, 3.63) is 59.9 Å². The van der Waals surface area contributed by atoms with Crippen LogP contribution < -0.4 is 5.32 Å². The summed E-state index contributed by atoms with van der Waals surface area (Å²) < 4.78 is 1.76. The highest BCUT2D eigenvalue weighted by Crippen LogP contribution is 2.14. The van der Waals surface area contributed by atoms with Crippen molar-refractivity contribution in [3.63, 3.8) is 0 Å². The van der Waals surface area contributed by atoms with Crippen molar-refractivity contribution >= 4 is 11.9 Å². The molecule has 1 atom stereocenters.